The molecule has 0 aromatic heterocycles. The number of rotatable bonds is 12. The SMILES string of the molecule is C=CCNC(=O)CN(CSC)C(=O)C(O)C(Cc1ccccc1)NC(=O)c1cc(F)cc(O)c1C. The number of carbonyl (C=O) groups excluding carboxylic acids is 3. The Balaban J connectivity index is 2.31. The molecular weight excluding hydrogens is 473 g/mol. The summed E-state index contributed by atoms with van der Waals surface area (Å²) in [7, 11) is 0. The van der Waals surface area contributed by atoms with Crippen LogP contribution in [0.5, 0.6) is 5.75 Å². The molecule has 2 aromatic rings. The average Bonchev–Trinajstić information content (AvgIpc) is 2.83. The van der Waals surface area contributed by atoms with Crippen molar-refractivity contribution >= 4 is 29.5 Å². The number of hydrogen-bond donors (Lipinski definition) is 4. The third-order valence-corrected chi connectivity index (χ3v) is 5.78. The first-order valence-corrected chi connectivity index (χ1v) is 12.2. The number of phenolic OH excluding ortho intramolecular Hbond substituents is 1. The molecule has 35 heavy (non-hydrogen) atoms. The lowest BCUT2D eigenvalue weighted by Gasteiger charge is -2.29. The van der Waals surface area contributed by atoms with Crippen molar-refractivity contribution in [2.24, 2.45) is 0 Å². The van der Waals surface area contributed by atoms with E-state index < -0.39 is 35.7 Å². The molecule has 2 atom stereocenters. The van der Waals surface area contributed by atoms with Crippen LogP contribution in [0.15, 0.2) is 55.1 Å². The third kappa shape index (κ3) is 8.11. The fraction of sp³-hybridized carbons (Fsp3) is 0.320. The second kappa shape index (κ2) is 13.5. The maximum absolute atomic E-state index is 13.8. The normalized spacial score (nSPS) is 12.3. The minimum atomic E-state index is -1.69. The third-order valence-electron chi connectivity index (χ3n) is 5.21. The van der Waals surface area contributed by atoms with Gasteiger partial charge < -0.3 is 25.7 Å². The van der Waals surface area contributed by atoms with Gasteiger partial charge in [-0.05, 0) is 31.2 Å². The van der Waals surface area contributed by atoms with Gasteiger partial charge in [0.25, 0.3) is 11.8 Å². The van der Waals surface area contributed by atoms with E-state index in [1.807, 2.05) is 0 Å². The summed E-state index contributed by atoms with van der Waals surface area (Å²) in [6.07, 6.45) is 1.65. The number of phenols is 1. The molecule has 3 amide bonds. The summed E-state index contributed by atoms with van der Waals surface area (Å²) >= 11 is 1.29. The molecule has 0 radical (unpaired) electrons. The lowest BCUT2D eigenvalue weighted by Crippen LogP contribution is -2.54. The number of hydrogen-bond acceptors (Lipinski definition) is 6. The number of carbonyl (C=O) groups is 3. The van der Waals surface area contributed by atoms with E-state index in [0.717, 1.165) is 17.7 Å². The van der Waals surface area contributed by atoms with Crippen molar-refractivity contribution in [2.45, 2.75) is 25.5 Å². The molecule has 4 N–H and O–H groups in total. The van der Waals surface area contributed by atoms with Gasteiger partial charge in [0.1, 0.15) is 18.1 Å². The highest BCUT2D eigenvalue weighted by atomic mass is 32.2. The average molecular weight is 504 g/mol. The summed E-state index contributed by atoms with van der Waals surface area (Å²) in [6.45, 7) is 4.93. The molecule has 10 heteroatoms. The van der Waals surface area contributed by atoms with Gasteiger partial charge in [0.2, 0.25) is 5.91 Å². The van der Waals surface area contributed by atoms with Crippen molar-refractivity contribution in [3.8, 4) is 5.75 Å². The standard InChI is InChI=1S/C25H30FN3O5S/c1-4-10-27-22(31)14-29(15-35-3)25(34)23(32)20(11-17-8-6-5-7-9-17)28-24(33)19-12-18(26)13-21(30)16(19)2/h4-9,12-13,20,23,30,32H,1,10-11,14-15H2,2-3H3,(H,27,31)(H,28,33). The van der Waals surface area contributed by atoms with Crippen LogP contribution < -0.4 is 10.6 Å². The maximum Gasteiger partial charge on any atom is 0.254 e. The first-order valence-electron chi connectivity index (χ1n) is 10.8. The minimum Gasteiger partial charge on any atom is -0.508 e. The van der Waals surface area contributed by atoms with Gasteiger partial charge >= 0.3 is 0 Å². The lowest BCUT2D eigenvalue weighted by atomic mass is 9.99. The van der Waals surface area contributed by atoms with Gasteiger partial charge in [0.05, 0.1) is 11.9 Å². The van der Waals surface area contributed by atoms with Crippen LogP contribution in [0, 0.1) is 12.7 Å². The number of benzene rings is 2. The highest BCUT2D eigenvalue weighted by Crippen LogP contribution is 2.22. The predicted octanol–water partition coefficient (Wildman–Crippen LogP) is 1.99. The Morgan fingerprint density at radius 2 is 1.91 bits per heavy atom. The Labute approximate surface area is 208 Å². The first-order chi connectivity index (χ1) is 16.7. The largest absolute Gasteiger partial charge is 0.508 e. The molecule has 0 heterocycles. The summed E-state index contributed by atoms with van der Waals surface area (Å²) in [4.78, 5) is 39.5. The van der Waals surface area contributed by atoms with E-state index in [4.69, 9.17) is 0 Å². The number of thioether (sulfide) groups is 1. The van der Waals surface area contributed by atoms with E-state index in [2.05, 4.69) is 17.2 Å². The van der Waals surface area contributed by atoms with E-state index in [-0.39, 0.29) is 42.3 Å². The number of aromatic hydroxyl groups is 1. The molecule has 0 fully saturated rings. The Bertz CT molecular complexity index is 1050. The quantitative estimate of drug-likeness (QED) is 0.260. The number of amides is 3. The highest BCUT2D eigenvalue weighted by molar-refractivity contribution is 7.98. The van der Waals surface area contributed by atoms with Crippen molar-refractivity contribution in [2.75, 3.05) is 25.2 Å². The van der Waals surface area contributed by atoms with E-state index >= 15 is 0 Å². The first kappa shape index (κ1) is 27.9. The zero-order chi connectivity index (χ0) is 26.0. The number of nitrogens with zero attached hydrogens (tertiary/aromatic N) is 1. The van der Waals surface area contributed by atoms with E-state index in [1.54, 1.807) is 36.6 Å². The van der Waals surface area contributed by atoms with Gasteiger partial charge in [-0.2, -0.15) is 0 Å². The number of nitrogens with one attached hydrogen (secondary N) is 2. The van der Waals surface area contributed by atoms with Crippen LogP contribution in [0.3, 0.4) is 0 Å². The second-order valence-corrected chi connectivity index (χ2v) is 8.69. The molecule has 2 rings (SSSR count). The van der Waals surface area contributed by atoms with Crippen LogP contribution in [0.1, 0.15) is 21.5 Å². The topological polar surface area (TPSA) is 119 Å². The Morgan fingerprint density at radius 1 is 1.23 bits per heavy atom. The van der Waals surface area contributed by atoms with Gasteiger partial charge in [0, 0.05) is 23.7 Å². The lowest BCUT2D eigenvalue weighted by molar-refractivity contribution is -0.143. The van der Waals surface area contributed by atoms with Crippen LogP contribution in [0.2, 0.25) is 0 Å². The maximum atomic E-state index is 13.8. The summed E-state index contributed by atoms with van der Waals surface area (Å²) in [5.74, 6) is -2.97. The Morgan fingerprint density at radius 3 is 2.54 bits per heavy atom. The van der Waals surface area contributed by atoms with Gasteiger partial charge in [0.15, 0.2) is 6.10 Å². The highest BCUT2D eigenvalue weighted by Gasteiger charge is 2.32. The fourth-order valence-corrected chi connectivity index (χ4v) is 3.90. The molecule has 0 aliphatic rings. The van der Waals surface area contributed by atoms with E-state index in [9.17, 15) is 29.0 Å². The molecule has 8 nitrogen and oxygen atoms in total. The smallest absolute Gasteiger partial charge is 0.254 e. The van der Waals surface area contributed by atoms with Crippen molar-refractivity contribution < 1.29 is 29.0 Å². The molecule has 2 unspecified atom stereocenters. The zero-order valence-electron chi connectivity index (χ0n) is 19.7. The molecule has 0 bridgehead atoms. The number of aliphatic hydroxyl groups excluding tert-OH is 1. The Hall–Kier alpha value is -3.37. The molecular formula is C25H30FN3O5S. The van der Waals surface area contributed by atoms with Gasteiger partial charge in [-0.1, -0.05) is 36.4 Å². The van der Waals surface area contributed by atoms with Gasteiger partial charge in [-0.25, -0.2) is 4.39 Å². The van der Waals surface area contributed by atoms with Crippen LogP contribution in [0.4, 0.5) is 4.39 Å². The molecule has 0 aliphatic heterocycles. The van der Waals surface area contributed by atoms with Crippen LogP contribution in [0.25, 0.3) is 0 Å². The Kier molecular flexibility index (Phi) is 10.8. The van der Waals surface area contributed by atoms with Crippen molar-refractivity contribution in [1.29, 1.82) is 0 Å². The van der Waals surface area contributed by atoms with Gasteiger partial charge in [-0.3, -0.25) is 14.4 Å². The summed E-state index contributed by atoms with van der Waals surface area (Å²) in [5.41, 5.74) is 0.777. The van der Waals surface area contributed by atoms with E-state index in [0.29, 0.717) is 0 Å². The number of aliphatic hydroxyl groups is 1. The molecule has 0 spiro atoms. The minimum absolute atomic E-state index is 0.0929. The molecule has 2 aromatic carbocycles. The summed E-state index contributed by atoms with van der Waals surface area (Å²) in [5, 5.41) is 26.1. The van der Waals surface area contributed by atoms with Crippen molar-refractivity contribution in [3.63, 3.8) is 0 Å². The van der Waals surface area contributed by atoms with Crippen LogP contribution in [-0.4, -0.2) is 70.2 Å². The summed E-state index contributed by atoms with van der Waals surface area (Å²) in [6, 6.07) is 9.69. The van der Waals surface area contributed by atoms with Crippen molar-refractivity contribution in [1.82, 2.24) is 15.5 Å². The predicted molar refractivity (Wildman–Crippen MR) is 134 cm³/mol. The van der Waals surface area contributed by atoms with Crippen LogP contribution in [-0.2, 0) is 16.0 Å². The monoisotopic (exact) mass is 503 g/mol. The molecule has 0 saturated carbocycles. The van der Waals surface area contributed by atoms with E-state index in [1.165, 1.54) is 29.7 Å². The number of halogens is 1. The molecule has 0 aliphatic carbocycles. The second-order valence-electron chi connectivity index (χ2n) is 7.86. The summed E-state index contributed by atoms with van der Waals surface area (Å²) < 4.78 is 13.8. The fourth-order valence-electron chi connectivity index (χ4n) is 3.37. The van der Waals surface area contributed by atoms with Gasteiger partial charge in [-0.15, -0.1) is 18.3 Å². The molecule has 0 saturated heterocycles. The zero-order valence-corrected chi connectivity index (χ0v) is 20.5. The van der Waals surface area contributed by atoms with Crippen LogP contribution >= 0.6 is 11.8 Å². The molecule has 188 valence electrons. The van der Waals surface area contributed by atoms with Crippen molar-refractivity contribution in [3.05, 3.63) is 77.6 Å².